The minimum atomic E-state index is -0.597. The van der Waals surface area contributed by atoms with Crippen molar-refractivity contribution in [3.8, 4) is 0 Å². The monoisotopic (exact) mass is 240 g/mol. The molecule has 0 aromatic carbocycles. The zero-order valence-electron chi connectivity index (χ0n) is 10.7. The molecular weight excluding hydrogens is 216 g/mol. The Morgan fingerprint density at radius 1 is 1.35 bits per heavy atom. The fourth-order valence-corrected chi connectivity index (χ4v) is 3.09. The van der Waals surface area contributed by atoms with Gasteiger partial charge in [0.1, 0.15) is 0 Å². The fraction of sp³-hybridized carbons (Fsp3) is 0.929. The number of aliphatic carboxylic acids is 1. The first-order valence-corrected chi connectivity index (χ1v) is 7.09. The molecular formula is C14H24O3. The van der Waals surface area contributed by atoms with E-state index in [2.05, 4.69) is 6.92 Å². The number of rotatable bonds is 7. The summed E-state index contributed by atoms with van der Waals surface area (Å²) in [6, 6.07) is 0. The SMILES string of the molecule is CCCCCC(CC1CCC2OC2C1)C(=O)O. The molecule has 2 fully saturated rings. The molecule has 3 heteroatoms. The molecule has 0 aromatic rings. The van der Waals surface area contributed by atoms with Crippen molar-refractivity contribution in [1.29, 1.82) is 0 Å². The predicted octanol–water partition coefficient (Wildman–Crippen LogP) is 3.23. The Hall–Kier alpha value is -0.570. The number of carboxylic acid groups (broad SMARTS) is 1. The van der Waals surface area contributed by atoms with Crippen molar-refractivity contribution >= 4 is 5.97 Å². The highest BCUT2D eigenvalue weighted by Crippen LogP contribution is 2.42. The van der Waals surface area contributed by atoms with Gasteiger partial charge in [-0.2, -0.15) is 0 Å². The van der Waals surface area contributed by atoms with Crippen LogP contribution in [0.1, 0.15) is 58.3 Å². The molecule has 17 heavy (non-hydrogen) atoms. The second-order valence-electron chi connectivity index (χ2n) is 5.66. The van der Waals surface area contributed by atoms with Crippen LogP contribution in [-0.4, -0.2) is 23.3 Å². The van der Waals surface area contributed by atoms with E-state index in [0.29, 0.717) is 18.1 Å². The summed E-state index contributed by atoms with van der Waals surface area (Å²) in [6.45, 7) is 2.15. The van der Waals surface area contributed by atoms with E-state index in [0.717, 1.165) is 44.9 Å². The van der Waals surface area contributed by atoms with Gasteiger partial charge in [0.05, 0.1) is 18.1 Å². The largest absolute Gasteiger partial charge is 0.481 e. The minimum Gasteiger partial charge on any atom is -0.481 e. The summed E-state index contributed by atoms with van der Waals surface area (Å²) in [5.41, 5.74) is 0. The number of ether oxygens (including phenoxy) is 1. The van der Waals surface area contributed by atoms with Crippen LogP contribution in [0.5, 0.6) is 0 Å². The maximum absolute atomic E-state index is 11.2. The van der Waals surface area contributed by atoms with Gasteiger partial charge in [-0.3, -0.25) is 4.79 Å². The van der Waals surface area contributed by atoms with E-state index in [-0.39, 0.29) is 5.92 Å². The Labute approximate surface area is 104 Å². The number of fused-ring (bicyclic) bond motifs is 1. The molecule has 1 saturated heterocycles. The van der Waals surface area contributed by atoms with Crippen molar-refractivity contribution in [2.45, 2.75) is 70.5 Å². The van der Waals surface area contributed by atoms with Crippen molar-refractivity contribution in [2.75, 3.05) is 0 Å². The quantitative estimate of drug-likeness (QED) is 0.549. The molecule has 0 bridgehead atoms. The minimum absolute atomic E-state index is 0.123. The standard InChI is InChI=1S/C14H24O3/c1-2-3-4-5-11(14(15)16)8-10-6-7-12-13(9-10)17-12/h10-13H,2-9H2,1H3,(H,15,16). The van der Waals surface area contributed by atoms with Crippen LogP contribution in [-0.2, 0) is 9.53 Å². The highest BCUT2D eigenvalue weighted by molar-refractivity contribution is 5.69. The highest BCUT2D eigenvalue weighted by atomic mass is 16.6. The van der Waals surface area contributed by atoms with Gasteiger partial charge in [0.2, 0.25) is 0 Å². The van der Waals surface area contributed by atoms with Crippen LogP contribution in [0.25, 0.3) is 0 Å². The smallest absolute Gasteiger partial charge is 0.306 e. The molecule has 0 aromatic heterocycles. The van der Waals surface area contributed by atoms with E-state index in [1.165, 1.54) is 6.42 Å². The Morgan fingerprint density at radius 3 is 2.82 bits per heavy atom. The van der Waals surface area contributed by atoms with Crippen molar-refractivity contribution in [3.05, 3.63) is 0 Å². The van der Waals surface area contributed by atoms with E-state index >= 15 is 0 Å². The number of hydrogen-bond acceptors (Lipinski definition) is 2. The molecule has 1 saturated carbocycles. The molecule has 1 N–H and O–H groups in total. The van der Waals surface area contributed by atoms with Crippen LogP contribution < -0.4 is 0 Å². The van der Waals surface area contributed by atoms with Crippen LogP contribution in [0, 0.1) is 11.8 Å². The molecule has 4 unspecified atom stereocenters. The van der Waals surface area contributed by atoms with Crippen LogP contribution in [0.4, 0.5) is 0 Å². The summed E-state index contributed by atoms with van der Waals surface area (Å²) < 4.78 is 5.50. The number of hydrogen-bond donors (Lipinski definition) is 1. The van der Waals surface area contributed by atoms with Gasteiger partial charge in [-0.1, -0.05) is 26.2 Å². The number of unbranched alkanes of at least 4 members (excludes halogenated alkanes) is 2. The number of carbonyl (C=O) groups is 1. The lowest BCUT2D eigenvalue weighted by molar-refractivity contribution is -0.142. The van der Waals surface area contributed by atoms with Crippen LogP contribution in [0.2, 0.25) is 0 Å². The fourth-order valence-electron chi connectivity index (χ4n) is 3.09. The first-order chi connectivity index (χ1) is 8.20. The molecule has 4 atom stereocenters. The molecule has 2 aliphatic rings. The Kier molecular flexibility index (Phi) is 4.43. The summed E-state index contributed by atoms with van der Waals surface area (Å²) in [4.78, 5) is 11.2. The van der Waals surface area contributed by atoms with Crippen molar-refractivity contribution in [1.82, 2.24) is 0 Å². The summed E-state index contributed by atoms with van der Waals surface area (Å²) in [5, 5.41) is 9.25. The van der Waals surface area contributed by atoms with Gasteiger partial charge in [0.25, 0.3) is 0 Å². The lowest BCUT2D eigenvalue weighted by Crippen LogP contribution is -2.21. The lowest BCUT2D eigenvalue weighted by Gasteiger charge is -2.22. The molecule has 1 aliphatic heterocycles. The third kappa shape index (κ3) is 3.70. The second-order valence-corrected chi connectivity index (χ2v) is 5.66. The third-order valence-electron chi connectivity index (χ3n) is 4.24. The lowest BCUT2D eigenvalue weighted by atomic mass is 9.81. The van der Waals surface area contributed by atoms with E-state index in [1.807, 2.05) is 0 Å². The van der Waals surface area contributed by atoms with Crippen molar-refractivity contribution in [3.63, 3.8) is 0 Å². The molecule has 3 nitrogen and oxygen atoms in total. The van der Waals surface area contributed by atoms with E-state index in [4.69, 9.17) is 4.74 Å². The average Bonchev–Trinajstić information content (AvgIpc) is 3.06. The van der Waals surface area contributed by atoms with Gasteiger partial charge in [-0.15, -0.1) is 0 Å². The van der Waals surface area contributed by atoms with Gasteiger partial charge in [0, 0.05) is 0 Å². The topological polar surface area (TPSA) is 49.8 Å². The molecule has 1 aliphatic carbocycles. The van der Waals surface area contributed by atoms with Gasteiger partial charge in [-0.05, 0) is 38.0 Å². The number of epoxide rings is 1. The van der Waals surface area contributed by atoms with E-state index < -0.39 is 5.97 Å². The van der Waals surface area contributed by atoms with Gasteiger partial charge < -0.3 is 9.84 Å². The molecule has 0 amide bonds. The van der Waals surface area contributed by atoms with Crippen LogP contribution >= 0.6 is 0 Å². The van der Waals surface area contributed by atoms with E-state index in [1.54, 1.807) is 0 Å². The molecule has 0 radical (unpaired) electrons. The Bertz CT molecular complexity index is 264. The Morgan fingerprint density at radius 2 is 2.18 bits per heavy atom. The van der Waals surface area contributed by atoms with E-state index in [9.17, 15) is 9.90 Å². The van der Waals surface area contributed by atoms with Gasteiger partial charge in [-0.25, -0.2) is 0 Å². The molecule has 0 spiro atoms. The molecule has 2 rings (SSSR count). The van der Waals surface area contributed by atoms with Crippen molar-refractivity contribution in [2.24, 2.45) is 11.8 Å². The zero-order chi connectivity index (χ0) is 12.3. The number of carboxylic acids is 1. The predicted molar refractivity (Wildman–Crippen MR) is 65.9 cm³/mol. The molecule has 1 heterocycles. The van der Waals surface area contributed by atoms with Gasteiger partial charge in [0.15, 0.2) is 0 Å². The summed E-state index contributed by atoms with van der Waals surface area (Å²) >= 11 is 0. The third-order valence-corrected chi connectivity index (χ3v) is 4.24. The maximum atomic E-state index is 11.2. The van der Waals surface area contributed by atoms with Crippen molar-refractivity contribution < 1.29 is 14.6 Å². The summed E-state index contributed by atoms with van der Waals surface area (Å²) in [6.07, 6.45) is 9.50. The summed E-state index contributed by atoms with van der Waals surface area (Å²) in [7, 11) is 0. The van der Waals surface area contributed by atoms with Crippen LogP contribution in [0.15, 0.2) is 0 Å². The first-order valence-electron chi connectivity index (χ1n) is 7.09. The Balaban J connectivity index is 1.73. The maximum Gasteiger partial charge on any atom is 0.306 e. The molecule has 98 valence electrons. The zero-order valence-corrected chi connectivity index (χ0v) is 10.7. The second kappa shape index (κ2) is 5.85. The normalized spacial score (nSPS) is 32.9. The van der Waals surface area contributed by atoms with Crippen LogP contribution in [0.3, 0.4) is 0 Å². The highest BCUT2D eigenvalue weighted by Gasteiger charge is 2.44. The summed E-state index contributed by atoms with van der Waals surface area (Å²) in [5.74, 6) is -0.136. The average molecular weight is 240 g/mol. The van der Waals surface area contributed by atoms with Gasteiger partial charge >= 0.3 is 5.97 Å². The first kappa shape index (κ1) is 12.9.